The van der Waals surface area contributed by atoms with Gasteiger partial charge in [-0.15, -0.1) is 0 Å². The van der Waals surface area contributed by atoms with E-state index in [0.717, 1.165) is 5.76 Å². The first-order chi connectivity index (χ1) is 9.58. The summed E-state index contributed by atoms with van der Waals surface area (Å²) in [4.78, 5) is 14.1. The lowest BCUT2D eigenvalue weighted by Crippen LogP contribution is -2.34. The van der Waals surface area contributed by atoms with E-state index in [-0.39, 0.29) is 11.9 Å². The molecular formula is C15H17ClN2O2. The van der Waals surface area contributed by atoms with Gasteiger partial charge in [0.15, 0.2) is 0 Å². The fraction of sp³-hybridized carbons (Fsp3) is 0.267. The van der Waals surface area contributed by atoms with Crippen molar-refractivity contribution in [3.63, 3.8) is 0 Å². The number of likely N-dealkylation sites (N-methyl/N-ethyl adjacent to an activating group) is 1. The van der Waals surface area contributed by atoms with Crippen LogP contribution in [0.2, 0.25) is 5.02 Å². The number of carbonyl (C=O) groups excluding carboxylic acids is 1. The lowest BCUT2D eigenvalue weighted by atomic mass is 10.2. The van der Waals surface area contributed by atoms with E-state index in [1.807, 2.05) is 31.1 Å². The molecular weight excluding hydrogens is 276 g/mol. The van der Waals surface area contributed by atoms with Crippen molar-refractivity contribution in [1.29, 1.82) is 0 Å². The van der Waals surface area contributed by atoms with Crippen molar-refractivity contribution in [1.82, 2.24) is 10.2 Å². The summed E-state index contributed by atoms with van der Waals surface area (Å²) in [5, 5.41) is 3.45. The molecule has 1 heterocycles. The Labute approximate surface area is 123 Å². The van der Waals surface area contributed by atoms with Gasteiger partial charge in [0.1, 0.15) is 5.76 Å². The van der Waals surface area contributed by atoms with Gasteiger partial charge in [0, 0.05) is 17.1 Å². The van der Waals surface area contributed by atoms with Gasteiger partial charge in [0.05, 0.1) is 12.3 Å². The number of amides is 1. The first kappa shape index (κ1) is 14.6. The second-order valence-electron chi connectivity index (χ2n) is 4.72. The fourth-order valence-corrected chi connectivity index (χ4v) is 2.13. The third-order valence-corrected chi connectivity index (χ3v) is 3.27. The number of hydrogen-bond acceptors (Lipinski definition) is 3. The molecule has 0 saturated carbocycles. The molecule has 4 nitrogen and oxygen atoms in total. The molecule has 1 atom stereocenters. The monoisotopic (exact) mass is 292 g/mol. The highest BCUT2D eigenvalue weighted by Gasteiger charge is 2.18. The molecule has 0 aliphatic heterocycles. The molecule has 0 unspecified atom stereocenters. The number of nitrogens with one attached hydrogen (secondary N) is 1. The SMILES string of the molecule is CN(C)[C@H](CNC(=O)c1cccc(Cl)c1)c1ccco1. The first-order valence-electron chi connectivity index (χ1n) is 6.31. The fourth-order valence-electron chi connectivity index (χ4n) is 1.94. The van der Waals surface area contributed by atoms with Crippen LogP contribution in [-0.4, -0.2) is 31.4 Å². The lowest BCUT2D eigenvalue weighted by molar-refractivity contribution is 0.0939. The average molecular weight is 293 g/mol. The summed E-state index contributed by atoms with van der Waals surface area (Å²) in [5.74, 6) is 0.673. The minimum absolute atomic E-state index is 0.00636. The lowest BCUT2D eigenvalue weighted by Gasteiger charge is -2.22. The minimum atomic E-state index is -0.147. The second kappa shape index (κ2) is 6.59. The molecule has 0 saturated heterocycles. The van der Waals surface area contributed by atoms with Gasteiger partial charge in [0.25, 0.3) is 5.91 Å². The van der Waals surface area contributed by atoms with E-state index < -0.39 is 0 Å². The third-order valence-electron chi connectivity index (χ3n) is 3.04. The van der Waals surface area contributed by atoms with Gasteiger partial charge in [-0.3, -0.25) is 9.69 Å². The Kier molecular flexibility index (Phi) is 4.82. The molecule has 2 aromatic rings. The third kappa shape index (κ3) is 3.62. The number of carbonyl (C=O) groups is 1. The Bertz CT molecular complexity index is 567. The van der Waals surface area contributed by atoms with Crippen molar-refractivity contribution >= 4 is 17.5 Å². The molecule has 0 fully saturated rings. The van der Waals surface area contributed by atoms with E-state index in [1.54, 1.807) is 30.5 Å². The summed E-state index contributed by atoms with van der Waals surface area (Å²) < 4.78 is 5.40. The summed E-state index contributed by atoms with van der Waals surface area (Å²) in [6, 6.07) is 10.6. The Balaban J connectivity index is 2.01. The van der Waals surface area contributed by atoms with Crippen LogP contribution in [0, 0.1) is 0 Å². The molecule has 5 heteroatoms. The molecule has 2 rings (SSSR count). The zero-order chi connectivity index (χ0) is 14.5. The Morgan fingerprint density at radius 2 is 2.15 bits per heavy atom. The van der Waals surface area contributed by atoms with E-state index in [0.29, 0.717) is 17.1 Å². The Hall–Kier alpha value is -1.78. The molecule has 1 aromatic carbocycles. The predicted octanol–water partition coefficient (Wildman–Crippen LogP) is 2.97. The number of halogens is 1. The molecule has 0 spiro atoms. The van der Waals surface area contributed by atoms with Gasteiger partial charge in [-0.1, -0.05) is 17.7 Å². The molecule has 1 aromatic heterocycles. The highest BCUT2D eigenvalue weighted by atomic mass is 35.5. The number of furan rings is 1. The van der Waals surface area contributed by atoms with Crippen LogP contribution in [0.5, 0.6) is 0 Å². The van der Waals surface area contributed by atoms with Crippen LogP contribution in [0.15, 0.2) is 47.1 Å². The minimum Gasteiger partial charge on any atom is -0.468 e. The highest BCUT2D eigenvalue weighted by molar-refractivity contribution is 6.30. The van der Waals surface area contributed by atoms with E-state index in [9.17, 15) is 4.79 Å². The summed E-state index contributed by atoms with van der Waals surface area (Å²) in [5.41, 5.74) is 0.550. The molecule has 1 amide bonds. The number of rotatable bonds is 5. The zero-order valence-corrected chi connectivity index (χ0v) is 12.2. The normalized spacial score (nSPS) is 12.4. The van der Waals surface area contributed by atoms with Crippen LogP contribution in [0.25, 0.3) is 0 Å². The standard InChI is InChI=1S/C15H17ClN2O2/c1-18(2)13(14-7-4-8-20-14)10-17-15(19)11-5-3-6-12(16)9-11/h3-9,13H,10H2,1-2H3,(H,17,19)/t13-/m1/s1. The Morgan fingerprint density at radius 1 is 1.35 bits per heavy atom. The molecule has 0 aliphatic carbocycles. The van der Waals surface area contributed by atoms with Crippen LogP contribution in [0.1, 0.15) is 22.2 Å². The van der Waals surface area contributed by atoms with Gasteiger partial charge >= 0.3 is 0 Å². The van der Waals surface area contributed by atoms with Gasteiger partial charge in [-0.2, -0.15) is 0 Å². The van der Waals surface area contributed by atoms with Crippen molar-refractivity contribution in [3.05, 3.63) is 59.0 Å². The Morgan fingerprint density at radius 3 is 2.75 bits per heavy atom. The first-order valence-corrected chi connectivity index (χ1v) is 6.69. The van der Waals surface area contributed by atoms with Gasteiger partial charge in [-0.25, -0.2) is 0 Å². The summed E-state index contributed by atoms with van der Waals surface area (Å²) >= 11 is 5.88. The van der Waals surface area contributed by atoms with Crippen molar-refractivity contribution in [3.8, 4) is 0 Å². The second-order valence-corrected chi connectivity index (χ2v) is 5.15. The van der Waals surface area contributed by atoms with Crippen molar-refractivity contribution < 1.29 is 9.21 Å². The molecule has 20 heavy (non-hydrogen) atoms. The summed E-state index contributed by atoms with van der Waals surface area (Å²) in [6.07, 6.45) is 1.63. The van der Waals surface area contributed by atoms with E-state index in [4.69, 9.17) is 16.0 Å². The zero-order valence-electron chi connectivity index (χ0n) is 11.5. The van der Waals surface area contributed by atoms with Crippen molar-refractivity contribution in [2.24, 2.45) is 0 Å². The maximum absolute atomic E-state index is 12.1. The average Bonchev–Trinajstić information content (AvgIpc) is 2.92. The predicted molar refractivity (Wildman–Crippen MR) is 78.9 cm³/mol. The van der Waals surface area contributed by atoms with E-state index in [1.165, 1.54) is 0 Å². The summed E-state index contributed by atoms with van der Waals surface area (Å²) in [7, 11) is 3.89. The number of benzene rings is 1. The van der Waals surface area contributed by atoms with Gasteiger partial charge in [-0.05, 0) is 44.4 Å². The summed E-state index contributed by atoms with van der Waals surface area (Å²) in [6.45, 7) is 0.464. The van der Waals surface area contributed by atoms with Crippen molar-refractivity contribution in [2.45, 2.75) is 6.04 Å². The van der Waals surface area contributed by atoms with E-state index >= 15 is 0 Å². The number of nitrogens with zero attached hydrogens (tertiary/aromatic N) is 1. The molecule has 0 aliphatic rings. The van der Waals surface area contributed by atoms with Gasteiger partial charge < -0.3 is 9.73 Å². The van der Waals surface area contributed by atoms with Crippen LogP contribution in [0.4, 0.5) is 0 Å². The molecule has 1 N–H and O–H groups in total. The van der Waals surface area contributed by atoms with Crippen molar-refractivity contribution in [2.75, 3.05) is 20.6 Å². The van der Waals surface area contributed by atoms with Crippen LogP contribution < -0.4 is 5.32 Å². The smallest absolute Gasteiger partial charge is 0.251 e. The quantitative estimate of drug-likeness (QED) is 0.921. The maximum Gasteiger partial charge on any atom is 0.251 e. The maximum atomic E-state index is 12.1. The molecule has 106 valence electrons. The van der Waals surface area contributed by atoms with Crippen LogP contribution in [0.3, 0.4) is 0 Å². The number of hydrogen-bond donors (Lipinski definition) is 1. The topological polar surface area (TPSA) is 45.5 Å². The van der Waals surface area contributed by atoms with E-state index in [2.05, 4.69) is 5.32 Å². The van der Waals surface area contributed by atoms with Crippen LogP contribution >= 0.6 is 11.6 Å². The van der Waals surface area contributed by atoms with Crippen LogP contribution in [-0.2, 0) is 0 Å². The highest BCUT2D eigenvalue weighted by Crippen LogP contribution is 2.18. The van der Waals surface area contributed by atoms with Gasteiger partial charge in [0.2, 0.25) is 0 Å². The molecule has 0 bridgehead atoms. The molecule has 0 radical (unpaired) electrons. The largest absolute Gasteiger partial charge is 0.468 e.